The van der Waals surface area contributed by atoms with Crippen molar-refractivity contribution in [1.29, 1.82) is 0 Å². The number of aliphatic carboxylic acids is 1. The minimum Gasteiger partial charge on any atom is -0.479 e. The molecule has 0 unspecified atom stereocenters. The first-order valence-corrected chi connectivity index (χ1v) is 16.5. The van der Waals surface area contributed by atoms with Crippen LogP contribution < -0.4 is 15.4 Å². The summed E-state index contributed by atoms with van der Waals surface area (Å²) < 4.78 is 7.29. The number of thiazole rings is 1. The van der Waals surface area contributed by atoms with Crippen LogP contribution in [0.4, 0.5) is 5.69 Å². The summed E-state index contributed by atoms with van der Waals surface area (Å²) >= 11 is 1.42. The van der Waals surface area contributed by atoms with Crippen LogP contribution in [-0.4, -0.2) is 63.0 Å². The average Bonchev–Trinajstić information content (AvgIpc) is 3.35. The predicted molar refractivity (Wildman–Crippen MR) is 174 cm³/mol. The molecule has 9 nitrogen and oxygen atoms in total. The molecule has 3 aliphatic rings. The van der Waals surface area contributed by atoms with Gasteiger partial charge in [0, 0.05) is 18.0 Å². The third-order valence-corrected chi connectivity index (χ3v) is 10.2. The van der Waals surface area contributed by atoms with Crippen LogP contribution in [0.2, 0.25) is 0 Å². The minimum absolute atomic E-state index is 0.191. The number of fused-ring (bicyclic) bond motifs is 4. The summed E-state index contributed by atoms with van der Waals surface area (Å²) in [4.78, 5) is 46.9. The molecule has 10 heteroatoms. The van der Waals surface area contributed by atoms with Crippen LogP contribution in [0.15, 0.2) is 78.9 Å². The Bertz CT molecular complexity index is 1760. The van der Waals surface area contributed by atoms with Crippen molar-refractivity contribution in [2.75, 3.05) is 11.9 Å². The molecule has 3 heterocycles. The number of nitrogens with one attached hydrogen (secondary N) is 2. The summed E-state index contributed by atoms with van der Waals surface area (Å²) in [6, 6.07) is 20.5. The fourth-order valence-electron chi connectivity index (χ4n) is 6.67. The maximum Gasteiger partial charge on any atom is 0.330 e. The maximum atomic E-state index is 14.4. The lowest BCUT2D eigenvalue weighted by molar-refractivity contribution is -0.145. The van der Waals surface area contributed by atoms with E-state index >= 15 is 0 Å². The second kappa shape index (κ2) is 12.2. The quantitative estimate of drug-likeness (QED) is 0.242. The highest BCUT2D eigenvalue weighted by atomic mass is 32.1. The van der Waals surface area contributed by atoms with Crippen molar-refractivity contribution in [3.63, 3.8) is 0 Å². The second-order valence-corrected chi connectivity index (χ2v) is 13.3. The molecule has 45 heavy (non-hydrogen) atoms. The van der Waals surface area contributed by atoms with Gasteiger partial charge in [-0.2, -0.15) is 0 Å². The molecule has 1 saturated carbocycles. The van der Waals surface area contributed by atoms with Gasteiger partial charge in [-0.15, -0.1) is 0 Å². The number of carboxylic acids is 1. The van der Waals surface area contributed by atoms with E-state index in [-0.39, 0.29) is 24.8 Å². The van der Waals surface area contributed by atoms with Gasteiger partial charge in [-0.3, -0.25) is 9.59 Å². The standard InChI is InChI=1S/C35H36N4O5S/c40-31-29-19-26(44-34-37-27-13-8-9-15-30(27)45-34)21-39(29)32(41)28(36-25-17-16-22-10-6-7-11-23(22)18-25)14-5-3-1-2-4-12-24-20-35(24,38-31)33(42)43/h4,6-13,15-18,24,26,28-29,36H,1-3,5,14,19-21H2,(H,38,40)(H,42,43)/t24-,26-,28+,29+,35-/m1/s1. The number of carboxylic acid groups (broad SMARTS) is 1. The molecule has 5 atom stereocenters. The van der Waals surface area contributed by atoms with Crippen molar-refractivity contribution in [3.05, 3.63) is 78.9 Å². The monoisotopic (exact) mass is 624 g/mol. The van der Waals surface area contributed by atoms with Crippen molar-refractivity contribution in [3.8, 4) is 5.19 Å². The third-order valence-electron chi connectivity index (χ3n) is 9.25. The van der Waals surface area contributed by atoms with Gasteiger partial charge in [-0.25, -0.2) is 9.78 Å². The van der Waals surface area contributed by atoms with Gasteiger partial charge in [0.2, 0.25) is 11.8 Å². The number of hydrogen-bond donors (Lipinski definition) is 3. The van der Waals surface area contributed by atoms with Crippen LogP contribution in [0, 0.1) is 5.92 Å². The minimum atomic E-state index is -1.35. The zero-order valence-corrected chi connectivity index (χ0v) is 25.7. The number of nitrogens with zero attached hydrogens (tertiary/aromatic N) is 2. The Morgan fingerprint density at radius 2 is 1.87 bits per heavy atom. The highest BCUT2D eigenvalue weighted by molar-refractivity contribution is 7.20. The van der Waals surface area contributed by atoms with Gasteiger partial charge in [-0.05, 0) is 60.7 Å². The Morgan fingerprint density at radius 3 is 2.71 bits per heavy atom. The van der Waals surface area contributed by atoms with E-state index in [1.165, 1.54) is 11.3 Å². The number of anilines is 1. The van der Waals surface area contributed by atoms with Crippen LogP contribution in [0.1, 0.15) is 44.9 Å². The van der Waals surface area contributed by atoms with Crippen LogP contribution in [0.5, 0.6) is 5.19 Å². The fourth-order valence-corrected chi connectivity index (χ4v) is 7.55. The van der Waals surface area contributed by atoms with Crippen LogP contribution >= 0.6 is 11.3 Å². The van der Waals surface area contributed by atoms with Gasteiger partial charge in [0.05, 0.1) is 16.8 Å². The van der Waals surface area contributed by atoms with Crippen LogP contribution in [0.3, 0.4) is 0 Å². The molecule has 0 bridgehead atoms. The van der Waals surface area contributed by atoms with Gasteiger partial charge < -0.3 is 25.4 Å². The molecule has 2 fully saturated rings. The molecular weight excluding hydrogens is 588 g/mol. The molecular formula is C35H36N4O5S. The summed E-state index contributed by atoms with van der Waals surface area (Å²) in [5, 5.41) is 19.1. The topological polar surface area (TPSA) is 121 Å². The van der Waals surface area contributed by atoms with Crippen LogP contribution in [-0.2, 0) is 14.4 Å². The lowest BCUT2D eigenvalue weighted by Crippen LogP contribution is -2.55. The van der Waals surface area contributed by atoms with Gasteiger partial charge >= 0.3 is 5.97 Å². The van der Waals surface area contributed by atoms with Gasteiger partial charge in [0.1, 0.15) is 23.7 Å². The molecule has 3 aromatic carbocycles. The maximum absolute atomic E-state index is 14.4. The first kappa shape index (κ1) is 29.3. The van der Waals surface area contributed by atoms with Crippen molar-refractivity contribution in [2.24, 2.45) is 5.92 Å². The first-order valence-electron chi connectivity index (χ1n) is 15.7. The Labute approximate surface area is 265 Å². The molecule has 2 amide bonds. The summed E-state index contributed by atoms with van der Waals surface area (Å²) in [6.45, 7) is 0.201. The molecule has 4 aromatic rings. The number of para-hydroxylation sites is 1. The lowest BCUT2D eigenvalue weighted by Gasteiger charge is -2.30. The molecule has 7 rings (SSSR count). The molecule has 2 aliphatic heterocycles. The summed E-state index contributed by atoms with van der Waals surface area (Å²) in [7, 11) is 0. The van der Waals surface area contributed by atoms with Gasteiger partial charge in [-0.1, -0.05) is 78.8 Å². The van der Waals surface area contributed by atoms with Gasteiger partial charge in [0.25, 0.3) is 5.19 Å². The van der Waals surface area contributed by atoms with E-state index in [1.54, 1.807) is 4.90 Å². The van der Waals surface area contributed by atoms with Crippen molar-refractivity contribution < 1.29 is 24.2 Å². The number of carbonyl (C=O) groups excluding carboxylic acids is 2. The molecule has 0 spiro atoms. The SMILES string of the molecule is O=C1N[C@]2(C(=O)O)C[C@H]2C=CCCCCC[C@H](Nc2ccc3ccccc3c2)C(=O)N2C[C@H](Oc3nc4ccccc4s3)C[C@@H]12. The molecule has 1 aliphatic carbocycles. The molecule has 1 aromatic heterocycles. The predicted octanol–water partition coefficient (Wildman–Crippen LogP) is 5.76. The van der Waals surface area contributed by atoms with E-state index < -0.39 is 35.6 Å². The number of allylic oxidation sites excluding steroid dienone is 1. The number of carbonyl (C=O) groups is 3. The fraction of sp³-hybridized carbons (Fsp3) is 0.371. The van der Waals surface area contributed by atoms with E-state index in [0.717, 1.165) is 52.4 Å². The highest BCUT2D eigenvalue weighted by Gasteiger charge is 2.61. The highest BCUT2D eigenvalue weighted by Crippen LogP contribution is 2.45. The lowest BCUT2D eigenvalue weighted by atomic mass is 10.0. The largest absolute Gasteiger partial charge is 0.479 e. The molecule has 232 valence electrons. The van der Waals surface area contributed by atoms with E-state index in [4.69, 9.17) is 4.74 Å². The summed E-state index contributed by atoms with van der Waals surface area (Å²) in [6.07, 6.45) is 8.21. The summed E-state index contributed by atoms with van der Waals surface area (Å²) in [5.41, 5.74) is 0.313. The van der Waals surface area contributed by atoms with Crippen molar-refractivity contribution >= 4 is 55.8 Å². The number of aromatic nitrogens is 1. The smallest absolute Gasteiger partial charge is 0.330 e. The van der Waals surface area contributed by atoms with E-state index in [2.05, 4.69) is 21.7 Å². The average molecular weight is 625 g/mol. The Balaban J connectivity index is 1.18. The van der Waals surface area contributed by atoms with E-state index in [9.17, 15) is 19.5 Å². The Kier molecular flexibility index (Phi) is 7.91. The Morgan fingerprint density at radius 1 is 1.04 bits per heavy atom. The van der Waals surface area contributed by atoms with Crippen molar-refractivity contribution in [2.45, 2.75) is 68.7 Å². The second-order valence-electron chi connectivity index (χ2n) is 12.3. The number of amides is 2. The van der Waals surface area contributed by atoms with E-state index in [0.29, 0.717) is 18.0 Å². The zero-order valence-electron chi connectivity index (χ0n) is 24.9. The number of benzene rings is 3. The number of ether oxygens (including phenoxy) is 1. The molecule has 1 saturated heterocycles. The summed E-state index contributed by atoms with van der Waals surface area (Å²) in [5.74, 6) is -1.98. The van der Waals surface area contributed by atoms with E-state index in [1.807, 2.05) is 72.8 Å². The Hall–Kier alpha value is -4.44. The van der Waals surface area contributed by atoms with Gasteiger partial charge in [0.15, 0.2) is 0 Å². The number of hydrogen-bond acceptors (Lipinski definition) is 7. The number of rotatable bonds is 5. The molecule has 3 N–H and O–H groups in total. The normalized spacial score (nSPS) is 27.2. The third kappa shape index (κ3) is 5.99. The van der Waals surface area contributed by atoms with Crippen molar-refractivity contribution in [1.82, 2.24) is 15.2 Å². The first-order chi connectivity index (χ1) is 21.9. The molecule has 0 radical (unpaired) electrons. The van der Waals surface area contributed by atoms with Crippen LogP contribution in [0.25, 0.3) is 21.0 Å². The zero-order chi connectivity index (χ0) is 31.0.